The van der Waals surface area contributed by atoms with Crippen molar-refractivity contribution in [1.29, 1.82) is 0 Å². The van der Waals surface area contributed by atoms with Gasteiger partial charge in [-0.3, -0.25) is 4.79 Å². The highest BCUT2D eigenvalue weighted by molar-refractivity contribution is 6.09. The van der Waals surface area contributed by atoms with Crippen LogP contribution in [0.2, 0.25) is 0 Å². The molecule has 0 radical (unpaired) electrons. The molecule has 0 aromatic heterocycles. The Morgan fingerprint density at radius 3 is 2.43 bits per heavy atom. The molecule has 0 unspecified atom stereocenters. The topological polar surface area (TPSA) is 92.4 Å². The molecule has 0 fully saturated rings. The van der Waals surface area contributed by atoms with Crippen LogP contribution in [0.5, 0.6) is 0 Å². The molecule has 1 amide bonds. The van der Waals surface area contributed by atoms with E-state index in [2.05, 4.69) is 5.32 Å². The second kappa shape index (κ2) is 5.66. The van der Waals surface area contributed by atoms with Gasteiger partial charge in [-0.1, -0.05) is 18.2 Å². The quantitative estimate of drug-likeness (QED) is 0.756. The number of carbonyl (C=O) groups is 2. The number of anilines is 2. The maximum Gasteiger partial charge on any atom is 0.338 e. The molecule has 0 aliphatic heterocycles. The highest BCUT2D eigenvalue weighted by Crippen LogP contribution is 2.22. The van der Waals surface area contributed by atoms with Crippen molar-refractivity contribution in [3.63, 3.8) is 0 Å². The number of carboxylic acids is 1. The van der Waals surface area contributed by atoms with Gasteiger partial charge in [0.1, 0.15) is 0 Å². The van der Waals surface area contributed by atoms with Crippen molar-refractivity contribution in [3.05, 3.63) is 58.7 Å². The van der Waals surface area contributed by atoms with Crippen molar-refractivity contribution < 1.29 is 14.7 Å². The number of nitrogens with two attached hydrogens (primary N) is 1. The van der Waals surface area contributed by atoms with Crippen molar-refractivity contribution in [2.75, 3.05) is 11.1 Å². The minimum Gasteiger partial charge on any atom is -0.478 e. The summed E-state index contributed by atoms with van der Waals surface area (Å²) in [5.74, 6) is -1.46. The minimum absolute atomic E-state index is 0.0902. The van der Waals surface area contributed by atoms with Crippen molar-refractivity contribution in [2.24, 2.45) is 0 Å². The Morgan fingerprint density at radius 1 is 1.10 bits per heavy atom. The van der Waals surface area contributed by atoms with Crippen LogP contribution in [-0.2, 0) is 0 Å². The van der Waals surface area contributed by atoms with Crippen LogP contribution in [0.1, 0.15) is 31.8 Å². The number of amides is 1. The molecule has 5 nitrogen and oxygen atoms in total. The fraction of sp³-hybridized carbons (Fsp3) is 0.125. The third-order valence-corrected chi connectivity index (χ3v) is 3.36. The van der Waals surface area contributed by atoms with Gasteiger partial charge in [-0.25, -0.2) is 4.79 Å². The number of carboxylic acid groups (broad SMARTS) is 1. The minimum atomic E-state index is -1.08. The van der Waals surface area contributed by atoms with Crippen LogP contribution in [0.4, 0.5) is 11.4 Å². The van der Waals surface area contributed by atoms with Crippen molar-refractivity contribution in [3.8, 4) is 0 Å². The molecule has 2 aromatic rings. The molecule has 0 saturated heterocycles. The summed E-state index contributed by atoms with van der Waals surface area (Å²) in [6.07, 6.45) is 0. The predicted octanol–water partition coefficient (Wildman–Crippen LogP) is 2.84. The lowest BCUT2D eigenvalue weighted by Gasteiger charge is -2.12. The molecule has 2 aromatic carbocycles. The number of hydrogen-bond donors (Lipinski definition) is 3. The fourth-order valence-corrected chi connectivity index (χ4v) is 2.14. The molecule has 0 saturated carbocycles. The van der Waals surface area contributed by atoms with Crippen LogP contribution in [0.15, 0.2) is 36.4 Å². The van der Waals surface area contributed by atoms with Gasteiger partial charge in [-0.2, -0.15) is 0 Å². The Bertz CT molecular complexity index is 723. The average molecular weight is 284 g/mol. The van der Waals surface area contributed by atoms with E-state index < -0.39 is 5.97 Å². The van der Waals surface area contributed by atoms with Crippen LogP contribution in [-0.4, -0.2) is 17.0 Å². The first-order chi connectivity index (χ1) is 9.91. The molecular weight excluding hydrogens is 268 g/mol. The fourth-order valence-electron chi connectivity index (χ4n) is 2.14. The molecule has 0 heterocycles. The summed E-state index contributed by atoms with van der Waals surface area (Å²) in [6, 6.07) is 9.99. The molecule has 0 bridgehead atoms. The van der Waals surface area contributed by atoms with Gasteiger partial charge in [0.05, 0.1) is 11.3 Å². The van der Waals surface area contributed by atoms with Gasteiger partial charge in [0.25, 0.3) is 5.91 Å². The summed E-state index contributed by atoms with van der Waals surface area (Å²) in [5.41, 5.74) is 8.34. The summed E-state index contributed by atoms with van der Waals surface area (Å²) in [7, 11) is 0. The molecule has 0 aliphatic rings. The van der Waals surface area contributed by atoms with E-state index in [0.29, 0.717) is 22.4 Å². The third kappa shape index (κ3) is 2.86. The molecule has 2 rings (SSSR count). The summed E-state index contributed by atoms with van der Waals surface area (Å²) >= 11 is 0. The van der Waals surface area contributed by atoms with Crippen LogP contribution < -0.4 is 11.1 Å². The maximum atomic E-state index is 12.3. The summed E-state index contributed by atoms with van der Waals surface area (Å²) in [5, 5.41) is 11.9. The van der Waals surface area contributed by atoms with Crippen LogP contribution >= 0.6 is 0 Å². The number of carbonyl (C=O) groups excluding carboxylic acids is 1. The van der Waals surface area contributed by atoms with Gasteiger partial charge in [-0.15, -0.1) is 0 Å². The van der Waals surface area contributed by atoms with Crippen molar-refractivity contribution >= 4 is 23.3 Å². The van der Waals surface area contributed by atoms with Gasteiger partial charge in [0, 0.05) is 11.3 Å². The highest BCUT2D eigenvalue weighted by Gasteiger charge is 2.17. The average Bonchev–Trinajstić information content (AvgIpc) is 2.41. The lowest BCUT2D eigenvalue weighted by Crippen LogP contribution is -2.17. The van der Waals surface area contributed by atoms with Gasteiger partial charge < -0.3 is 16.2 Å². The van der Waals surface area contributed by atoms with Gasteiger partial charge in [0.2, 0.25) is 0 Å². The zero-order valence-electron chi connectivity index (χ0n) is 11.8. The number of hydrogen-bond acceptors (Lipinski definition) is 3. The number of aromatic carboxylic acids is 1. The Hall–Kier alpha value is -2.82. The molecule has 0 aliphatic carbocycles. The number of benzene rings is 2. The van der Waals surface area contributed by atoms with Gasteiger partial charge in [-0.05, 0) is 43.2 Å². The first kappa shape index (κ1) is 14.6. The monoisotopic (exact) mass is 284 g/mol. The van der Waals surface area contributed by atoms with E-state index in [4.69, 9.17) is 5.73 Å². The number of rotatable bonds is 3. The molecule has 5 heteroatoms. The Kier molecular flexibility index (Phi) is 3.93. The van der Waals surface area contributed by atoms with Crippen LogP contribution in [0.25, 0.3) is 0 Å². The first-order valence-corrected chi connectivity index (χ1v) is 6.41. The van der Waals surface area contributed by atoms with Gasteiger partial charge in [0.15, 0.2) is 0 Å². The zero-order valence-corrected chi connectivity index (χ0v) is 11.8. The van der Waals surface area contributed by atoms with E-state index in [9.17, 15) is 14.7 Å². The van der Waals surface area contributed by atoms with Crippen LogP contribution in [0, 0.1) is 13.8 Å². The highest BCUT2D eigenvalue weighted by atomic mass is 16.4. The first-order valence-electron chi connectivity index (χ1n) is 6.41. The third-order valence-electron chi connectivity index (χ3n) is 3.36. The molecule has 21 heavy (non-hydrogen) atoms. The van der Waals surface area contributed by atoms with E-state index in [1.807, 2.05) is 0 Å². The van der Waals surface area contributed by atoms with E-state index in [1.165, 1.54) is 0 Å². The normalized spacial score (nSPS) is 10.2. The molecule has 4 N–H and O–H groups in total. The standard InChI is InChI=1S/C16H16N2O3/c1-9-5-3-8-13(14(9)16(20)21)18-15(19)11-6-4-7-12(17)10(11)2/h3-8H,17H2,1-2H3,(H,18,19)(H,20,21). The Labute approximate surface area is 122 Å². The SMILES string of the molecule is Cc1cccc(NC(=O)c2cccc(N)c2C)c1C(=O)O. The summed E-state index contributed by atoms with van der Waals surface area (Å²) in [4.78, 5) is 23.6. The summed E-state index contributed by atoms with van der Waals surface area (Å²) in [6.45, 7) is 3.43. The lowest BCUT2D eigenvalue weighted by molar-refractivity contribution is 0.0697. The van der Waals surface area contributed by atoms with E-state index in [1.54, 1.807) is 50.2 Å². The van der Waals surface area contributed by atoms with E-state index >= 15 is 0 Å². The van der Waals surface area contributed by atoms with Gasteiger partial charge >= 0.3 is 5.97 Å². The molecule has 108 valence electrons. The Balaban J connectivity index is 2.39. The second-order valence-corrected chi connectivity index (χ2v) is 4.78. The van der Waals surface area contributed by atoms with Crippen LogP contribution in [0.3, 0.4) is 0 Å². The van der Waals surface area contributed by atoms with E-state index in [0.717, 1.165) is 0 Å². The number of aryl methyl sites for hydroxylation is 1. The van der Waals surface area contributed by atoms with Crippen molar-refractivity contribution in [2.45, 2.75) is 13.8 Å². The molecule has 0 spiro atoms. The Morgan fingerprint density at radius 2 is 1.76 bits per heavy atom. The number of nitrogens with one attached hydrogen (secondary N) is 1. The second-order valence-electron chi connectivity index (χ2n) is 4.78. The molecule has 0 atom stereocenters. The maximum absolute atomic E-state index is 12.3. The lowest BCUT2D eigenvalue weighted by atomic mass is 10.0. The molecular formula is C16H16N2O3. The van der Waals surface area contributed by atoms with Crippen molar-refractivity contribution in [1.82, 2.24) is 0 Å². The predicted molar refractivity (Wildman–Crippen MR) is 81.7 cm³/mol. The zero-order chi connectivity index (χ0) is 15.6. The van der Waals surface area contributed by atoms with E-state index in [-0.39, 0.29) is 17.2 Å². The largest absolute Gasteiger partial charge is 0.478 e. The summed E-state index contributed by atoms with van der Waals surface area (Å²) < 4.78 is 0. The smallest absolute Gasteiger partial charge is 0.338 e. The number of nitrogen functional groups attached to an aromatic ring is 1.